The van der Waals surface area contributed by atoms with E-state index in [4.69, 9.17) is 4.74 Å². The third kappa shape index (κ3) is 3.56. The summed E-state index contributed by atoms with van der Waals surface area (Å²) in [7, 11) is 0. The minimum atomic E-state index is 0.736. The molecule has 0 spiro atoms. The summed E-state index contributed by atoms with van der Waals surface area (Å²) >= 11 is 0. The van der Waals surface area contributed by atoms with Crippen LogP contribution in [0.3, 0.4) is 0 Å². The second-order valence-corrected chi connectivity index (χ2v) is 5.69. The van der Waals surface area contributed by atoms with Crippen LogP contribution in [0.5, 0.6) is 0 Å². The van der Waals surface area contributed by atoms with Crippen molar-refractivity contribution in [1.29, 1.82) is 0 Å². The summed E-state index contributed by atoms with van der Waals surface area (Å²) in [6.45, 7) is 2.56. The molecule has 0 amide bonds. The Hall–Kier alpha value is -0.860. The van der Waals surface area contributed by atoms with Crippen LogP contribution in [0.4, 0.5) is 0 Å². The molecule has 0 saturated heterocycles. The zero-order valence-electron chi connectivity index (χ0n) is 11.0. The molecule has 0 bridgehead atoms. The van der Waals surface area contributed by atoms with Crippen LogP contribution in [0, 0.1) is 11.8 Å². The maximum Gasteiger partial charge on any atom is 0.0717 e. The lowest BCUT2D eigenvalue weighted by molar-refractivity contribution is 0.119. The fourth-order valence-corrected chi connectivity index (χ4v) is 2.69. The smallest absolute Gasteiger partial charge is 0.0717 e. The van der Waals surface area contributed by atoms with Crippen LogP contribution in [0.15, 0.2) is 30.3 Å². The summed E-state index contributed by atoms with van der Waals surface area (Å²) in [5, 5.41) is 3.70. The molecule has 0 aromatic heterocycles. The summed E-state index contributed by atoms with van der Waals surface area (Å²) in [5.41, 5.74) is 1.26. The highest BCUT2D eigenvalue weighted by molar-refractivity contribution is 5.13. The predicted octanol–water partition coefficient (Wildman–Crippen LogP) is 2.98. The highest BCUT2D eigenvalue weighted by Crippen LogP contribution is 2.44. The summed E-state index contributed by atoms with van der Waals surface area (Å²) in [5.74, 6) is 1.96. The number of benzene rings is 1. The van der Waals surface area contributed by atoms with Crippen molar-refractivity contribution in [2.24, 2.45) is 11.8 Å². The lowest BCUT2D eigenvalue weighted by Gasteiger charge is -2.17. The van der Waals surface area contributed by atoms with E-state index in [9.17, 15) is 0 Å². The summed E-state index contributed by atoms with van der Waals surface area (Å²) in [4.78, 5) is 0. The van der Waals surface area contributed by atoms with Gasteiger partial charge >= 0.3 is 0 Å². The van der Waals surface area contributed by atoms with Crippen molar-refractivity contribution < 1.29 is 4.74 Å². The van der Waals surface area contributed by atoms with Gasteiger partial charge in [0.15, 0.2) is 0 Å². The Labute approximate surface area is 110 Å². The van der Waals surface area contributed by atoms with E-state index in [1.807, 2.05) is 6.07 Å². The second kappa shape index (κ2) is 5.85. The molecule has 0 heterocycles. The van der Waals surface area contributed by atoms with E-state index in [-0.39, 0.29) is 0 Å². The molecule has 0 atom stereocenters. The normalized spacial score (nSPS) is 19.4. The van der Waals surface area contributed by atoms with Gasteiger partial charge in [-0.3, -0.25) is 0 Å². The molecule has 1 aromatic rings. The monoisotopic (exact) mass is 245 g/mol. The van der Waals surface area contributed by atoms with E-state index < -0.39 is 0 Å². The maximum atomic E-state index is 5.71. The van der Waals surface area contributed by atoms with Crippen molar-refractivity contribution >= 4 is 0 Å². The largest absolute Gasteiger partial charge is 0.375 e. The van der Waals surface area contributed by atoms with Gasteiger partial charge in [0.1, 0.15) is 0 Å². The summed E-state index contributed by atoms with van der Waals surface area (Å²) in [6.07, 6.45) is 5.77. The van der Waals surface area contributed by atoms with E-state index in [1.165, 1.54) is 31.2 Å². The fraction of sp³-hybridized carbons (Fsp3) is 0.625. The molecule has 98 valence electrons. The summed E-state index contributed by atoms with van der Waals surface area (Å²) in [6, 6.07) is 11.2. The molecular formula is C16H23NO. The van der Waals surface area contributed by atoms with E-state index in [0.29, 0.717) is 0 Å². The van der Waals surface area contributed by atoms with Crippen LogP contribution < -0.4 is 5.32 Å². The van der Waals surface area contributed by atoms with Crippen molar-refractivity contribution in [2.75, 3.05) is 13.2 Å². The molecule has 1 N–H and O–H groups in total. The average Bonchev–Trinajstić information content (AvgIpc) is 3.29. The predicted molar refractivity (Wildman–Crippen MR) is 73.3 cm³/mol. The van der Waals surface area contributed by atoms with Crippen molar-refractivity contribution in [3.63, 3.8) is 0 Å². The van der Waals surface area contributed by atoms with Gasteiger partial charge in [0.05, 0.1) is 13.2 Å². The molecule has 0 radical (unpaired) electrons. The first-order valence-corrected chi connectivity index (χ1v) is 7.28. The molecule has 2 fully saturated rings. The molecule has 0 aliphatic heterocycles. The Morgan fingerprint density at radius 3 is 2.33 bits per heavy atom. The Bertz CT molecular complexity index is 345. The Balaban J connectivity index is 1.30. The lowest BCUT2D eigenvalue weighted by atomic mass is 10.1. The van der Waals surface area contributed by atoms with E-state index >= 15 is 0 Å². The molecule has 2 nitrogen and oxygen atoms in total. The van der Waals surface area contributed by atoms with Gasteiger partial charge in [-0.15, -0.1) is 0 Å². The quantitative estimate of drug-likeness (QED) is 0.711. The molecule has 2 heteroatoms. The Kier molecular flexibility index (Phi) is 3.96. The van der Waals surface area contributed by atoms with Crippen molar-refractivity contribution in [3.05, 3.63) is 35.9 Å². The van der Waals surface area contributed by atoms with Gasteiger partial charge in [-0.05, 0) is 43.1 Å². The number of hydrogen-bond donors (Lipinski definition) is 1. The van der Waals surface area contributed by atoms with Gasteiger partial charge in [-0.25, -0.2) is 0 Å². The van der Waals surface area contributed by atoms with Gasteiger partial charge in [0, 0.05) is 12.6 Å². The number of nitrogens with one attached hydrogen (secondary N) is 1. The highest BCUT2D eigenvalue weighted by atomic mass is 16.5. The third-order valence-corrected chi connectivity index (χ3v) is 4.00. The van der Waals surface area contributed by atoms with Crippen molar-refractivity contribution in [2.45, 2.75) is 38.3 Å². The fourth-order valence-electron chi connectivity index (χ4n) is 2.69. The first-order chi connectivity index (χ1) is 8.93. The van der Waals surface area contributed by atoms with Gasteiger partial charge < -0.3 is 10.1 Å². The van der Waals surface area contributed by atoms with Gasteiger partial charge in [-0.2, -0.15) is 0 Å². The van der Waals surface area contributed by atoms with E-state index in [1.54, 1.807) is 0 Å². The molecule has 2 aliphatic carbocycles. The average molecular weight is 245 g/mol. The number of hydrogen-bond acceptors (Lipinski definition) is 2. The first-order valence-electron chi connectivity index (χ1n) is 7.28. The highest BCUT2D eigenvalue weighted by Gasteiger charge is 2.40. The Morgan fingerprint density at radius 2 is 1.72 bits per heavy atom. The van der Waals surface area contributed by atoms with Crippen LogP contribution in [0.25, 0.3) is 0 Å². The zero-order valence-corrected chi connectivity index (χ0v) is 11.0. The van der Waals surface area contributed by atoms with Crippen LogP contribution in [-0.2, 0) is 11.3 Å². The van der Waals surface area contributed by atoms with Crippen LogP contribution in [-0.4, -0.2) is 19.2 Å². The number of rotatable bonds is 8. The minimum Gasteiger partial charge on any atom is -0.375 e. The van der Waals surface area contributed by atoms with Gasteiger partial charge in [0.2, 0.25) is 0 Å². The standard InChI is InChI=1S/C16H23NO/c1-2-4-13(5-3-1)12-18-11-10-17-16(14-6-7-14)15-8-9-15/h1-5,14-17H,6-12H2. The molecule has 2 saturated carbocycles. The summed E-state index contributed by atoms with van der Waals surface area (Å²) < 4.78 is 5.71. The zero-order chi connectivity index (χ0) is 12.2. The molecule has 3 rings (SSSR count). The SMILES string of the molecule is c1ccc(COCCNC(C2CC2)C2CC2)cc1. The van der Waals surface area contributed by atoms with Crippen molar-refractivity contribution in [3.8, 4) is 0 Å². The topological polar surface area (TPSA) is 21.3 Å². The molecule has 0 unspecified atom stereocenters. The van der Waals surface area contributed by atoms with Crippen LogP contribution in [0.1, 0.15) is 31.2 Å². The molecule has 1 aromatic carbocycles. The van der Waals surface area contributed by atoms with Gasteiger partial charge in [0.25, 0.3) is 0 Å². The first kappa shape index (κ1) is 12.2. The molecule has 2 aliphatic rings. The van der Waals surface area contributed by atoms with Crippen LogP contribution in [0.2, 0.25) is 0 Å². The Morgan fingerprint density at radius 1 is 1.06 bits per heavy atom. The third-order valence-electron chi connectivity index (χ3n) is 4.00. The maximum absolute atomic E-state index is 5.71. The van der Waals surface area contributed by atoms with Crippen molar-refractivity contribution in [1.82, 2.24) is 5.32 Å². The van der Waals surface area contributed by atoms with E-state index in [0.717, 1.165) is 37.6 Å². The number of ether oxygens (including phenoxy) is 1. The van der Waals surface area contributed by atoms with E-state index in [2.05, 4.69) is 29.6 Å². The minimum absolute atomic E-state index is 0.736. The molecular weight excluding hydrogens is 222 g/mol. The lowest BCUT2D eigenvalue weighted by Crippen LogP contribution is -2.35. The van der Waals surface area contributed by atoms with Crippen LogP contribution >= 0.6 is 0 Å². The van der Waals surface area contributed by atoms with Gasteiger partial charge in [-0.1, -0.05) is 30.3 Å². The second-order valence-electron chi connectivity index (χ2n) is 5.69. The molecule has 18 heavy (non-hydrogen) atoms.